The first-order chi connectivity index (χ1) is 7.13. The lowest BCUT2D eigenvalue weighted by Crippen LogP contribution is -2.30. The zero-order valence-electron chi connectivity index (χ0n) is 8.87. The van der Waals surface area contributed by atoms with Crippen molar-refractivity contribution in [2.24, 2.45) is 0 Å². The number of anilines is 1. The van der Waals surface area contributed by atoms with Crippen molar-refractivity contribution in [2.75, 3.05) is 5.32 Å². The molecule has 80 valence electrons. The molecule has 0 atom stereocenters. The van der Waals surface area contributed by atoms with Crippen LogP contribution in [0.25, 0.3) is 0 Å². The van der Waals surface area contributed by atoms with Crippen LogP contribution in [-0.2, 0) is 0 Å². The van der Waals surface area contributed by atoms with Gasteiger partial charge in [-0.25, -0.2) is 9.97 Å². The Kier molecular flexibility index (Phi) is 2.81. The number of hydrogen-bond donors (Lipinski definition) is 2. The van der Waals surface area contributed by atoms with Crippen molar-refractivity contribution in [3.05, 3.63) is 17.5 Å². The van der Waals surface area contributed by atoms with Crippen LogP contribution in [0.15, 0.2) is 6.07 Å². The highest BCUT2D eigenvalue weighted by Crippen LogP contribution is 2.18. The first kappa shape index (κ1) is 10.3. The molecular weight excluding hydrogens is 208 g/mol. The van der Waals surface area contributed by atoms with Crippen molar-refractivity contribution >= 4 is 23.3 Å². The lowest BCUT2D eigenvalue weighted by Gasteiger charge is -2.08. The molecule has 1 heterocycles. The highest BCUT2D eigenvalue weighted by Gasteiger charge is 2.21. The van der Waals surface area contributed by atoms with E-state index in [0.29, 0.717) is 17.1 Å². The molecule has 0 aromatic carbocycles. The van der Waals surface area contributed by atoms with Crippen LogP contribution >= 0.6 is 12.2 Å². The molecule has 15 heavy (non-hydrogen) atoms. The van der Waals surface area contributed by atoms with Gasteiger partial charge in [0.25, 0.3) is 0 Å². The van der Waals surface area contributed by atoms with Gasteiger partial charge in [0.05, 0.1) is 0 Å². The van der Waals surface area contributed by atoms with Crippen molar-refractivity contribution in [2.45, 2.75) is 32.7 Å². The van der Waals surface area contributed by atoms with E-state index >= 15 is 0 Å². The lowest BCUT2D eigenvalue weighted by molar-refractivity contribution is 0.915. The predicted molar refractivity (Wildman–Crippen MR) is 63.9 cm³/mol. The molecular formula is C10H14N4S. The molecule has 1 aromatic heterocycles. The number of thiocarbonyl (C=S) groups is 1. The van der Waals surface area contributed by atoms with Gasteiger partial charge in [-0.15, -0.1) is 0 Å². The topological polar surface area (TPSA) is 49.8 Å². The van der Waals surface area contributed by atoms with Crippen molar-refractivity contribution in [1.82, 2.24) is 15.3 Å². The standard InChI is InChI=1S/C10H14N4S/c1-6-5-7(2)12-9(11-6)14-10(15)13-8-3-4-8/h5,8H,3-4H2,1-2H3,(H2,11,12,13,14,15). The number of aromatic nitrogens is 2. The van der Waals surface area contributed by atoms with E-state index < -0.39 is 0 Å². The Labute approximate surface area is 94.5 Å². The molecule has 5 heteroatoms. The maximum atomic E-state index is 5.14. The Morgan fingerprint density at radius 2 is 1.93 bits per heavy atom. The van der Waals surface area contributed by atoms with Gasteiger partial charge in [0.1, 0.15) is 0 Å². The zero-order valence-corrected chi connectivity index (χ0v) is 9.69. The average Bonchev–Trinajstić information content (AvgIpc) is 2.85. The summed E-state index contributed by atoms with van der Waals surface area (Å²) in [6.45, 7) is 3.88. The first-order valence-electron chi connectivity index (χ1n) is 5.03. The highest BCUT2D eigenvalue weighted by molar-refractivity contribution is 7.80. The molecule has 1 aromatic rings. The molecule has 0 unspecified atom stereocenters. The number of rotatable bonds is 2. The van der Waals surface area contributed by atoms with Crippen LogP contribution in [-0.4, -0.2) is 21.1 Å². The molecule has 1 saturated carbocycles. The fourth-order valence-corrected chi connectivity index (χ4v) is 1.59. The molecule has 0 bridgehead atoms. The monoisotopic (exact) mass is 222 g/mol. The van der Waals surface area contributed by atoms with Crippen LogP contribution in [0.3, 0.4) is 0 Å². The predicted octanol–water partition coefficient (Wildman–Crippen LogP) is 1.54. The molecule has 2 N–H and O–H groups in total. The summed E-state index contributed by atoms with van der Waals surface area (Å²) in [5.41, 5.74) is 1.89. The third-order valence-corrected chi connectivity index (χ3v) is 2.34. The second-order valence-corrected chi connectivity index (χ2v) is 4.26. The zero-order chi connectivity index (χ0) is 10.8. The average molecular weight is 222 g/mol. The van der Waals surface area contributed by atoms with E-state index in [2.05, 4.69) is 20.6 Å². The molecule has 0 spiro atoms. The van der Waals surface area contributed by atoms with Crippen molar-refractivity contribution in [1.29, 1.82) is 0 Å². The summed E-state index contributed by atoms with van der Waals surface area (Å²) in [6, 6.07) is 2.48. The molecule has 0 aliphatic heterocycles. The van der Waals surface area contributed by atoms with E-state index in [1.54, 1.807) is 0 Å². The molecule has 0 saturated heterocycles. The van der Waals surface area contributed by atoms with Gasteiger partial charge in [0.15, 0.2) is 5.11 Å². The molecule has 4 nitrogen and oxygen atoms in total. The summed E-state index contributed by atoms with van der Waals surface area (Å²) < 4.78 is 0. The Balaban J connectivity index is 1.99. The third-order valence-electron chi connectivity index (χ3n) is 2.12. The fourth-order valence-electron chi connectivity index (χ4n) is 1.33. The van der Waals surface area contributed by atoms with E-state index in [1.807, 2.05) is 19.9 Å². The molecule has 2 rings (SSSR count). The Morgan fingerprint density at radius 3 is 2.47 bits per heavy atom. The minimum absolute atomic E-state index is 0.552. The molecule has 1 fully saturated rings. The SMILES string of the molecule is Cc1cc(C)nc(NC(=S)NC2CC2)n1. The van der Waals surface area contributed by atoms with Gasteiger partial charge in [-0.1, -0.05) is 0 Å². The van der Waals surface area contributed by atoms with Crippen molar-refractivity contribution < 1.29 is 0 Å². The summed E-state index contributed by atoms with van der Waals surface area (Å²) >= 11 is 5.14. The largest absolute Gasteiger partial charge is 0.360 e. The van der Waals surface area contributed by atoms with E-state index in [-0.39, 0.29) is 0 Å². The molecule has 1 aliphatic rings. The van der Waals surface area contributed by atoms with E-state index in [1.165, 1.54) is 12.8 Å². The maximum absolute atomic E-state index is 5.14. The van der Waals surface area contributed by atoms with Crippen LogP contribution in [0.2, 0.25) is 0 Å². The van der Waals surface area contributed by atoms with Gasteiger partial charge in [0.2, 0.25) is 5.95 Å². The van der Waals surface area contributed by atoms with Crippen LogP contribution in [0.5, 0.6) is 0 Å². The van der Waals surface area contributed by atoms with Gasteiger partial charge in [-0.2, -0.15) is 0 Å². The summed E-state index contributed by atoms with van der Waals surface area (Å²) in [5, 5.41) is 6.79. The van der Waals surface area contributed by atoms with Crippen LogP contribution < -0.4 is 10.6 Å². The first-order valence-corrected chi connectivity index (χ1v) is 5.44. The smallest absolute Gasteiger partial charge is 0.229 e. The van der Waals surface area contributed by atoms with Crippen LogP contribution in [0.1, 0.15) is 24.2 Å². The quantitative estimate of drug-likeness (QED) is 0.743. The van der Waals surface area contributed by atoms with Gasteiger partial charge in [0, 0.05) is 17.4 Å². The van der Waals surface area contributed by atoms with Crippen LogP contribution in [0, 0.1) is 13.8 Å². The van der Waals surface area contributed by atoms with Gasteiger partial charge in [-0.3, -0.25) is 0 Å². The minimum atomic E-state index is 0.552. The second-order valence-electron chi connectivity index (χ2n) is 3.85. The van der Waals surface area contributed by atoms with E-state index in [0.717, 1.165) is 11.4 Å². The molecule has 1 aliphatic carbocycles. The van der Waals surface area contributed by atoms with Crippen molar-refractivity contribution in [3.63, 3.8) is 0 Å². The Hall–Kier alpha value is -1.23. The summed E-state index contributed by atoms with van der Waals surface area (Å²) in [4.78, 5) is 8.50. The number of hydrogen-bond acceptors (Lipinski definition) is 3. The van der Waals surface area contributed by atoms with Crippen LogP contribution in [0.4, 0.5) is 5.95 Å². The third kappa shape index (κ3) is 3.13. The number of nitrogens with zero attached hydrogens (tertiary/aromatic N) is 2. The Morgan fingerprint density at radius 1 is 1.33 bits per heavy atom. The Bertz CT molecular complexity index is 367. The van der Waals surface area contributed by atoms with Crippen molar-refractivity contribution in [3.8, 4) is 0 Å². The van der Waals surface area contributed by atoms with E-state index in [9.17, 15) is 0 Å². The number of nitrogens with one attached hydrogen (secondary N) is 2. The van der Waals surface area contributed by atoms with Gasteiger partial charge < -0.3 is 10.6 Å². The second kappa shape index (κ2) is 4.10. The fraction of sp³-hybridized carbons (Fsp3) is 0.500. The summed E-state index contributed by atoms with van der Waals surface area (Å²) in [5.74, 6) is 0.575. The molecule has 0 radical (unpaired) electrons. The van der Waals surface area contributed by atoms with Gasteiger partial charge in [-0.05, 0) is 45.0 Å². The number of aryl methyl sites for hydroxylation is 2. The summed E-state index contributed by atoms with van der Waals surface area (Å²) in [7, 11) is 0. The maximum Gasteiger partial charge on any atom is 0.229 e. The summed E-state index contributed by atoms with van der Waals surface area (Å²) in [6.07, 6.45) is 2.41. The van der Waals surface area contributed by atoms with Gasteiger partial charge >= 0.3 is 0 Å². The highest BCUT2D eigenvalue weighted by atomic mass is 32.1. The normalized spacial score (nSPS) is 14.8. The molecule has 0 amide bonds. The minimum Gasteiger partial charge on any atom is -0.360 e. The lowest BCUT2D eigenvalue weighted by atomic mass is 10.4. The van der Waals surface area contributed by atoms with E-state index in [4.69, 9.17) is 12.2 Å².